The molecule has 4 aliphatic rings. The fourth-order valence-corrected chi connectivity index (χ4v) is 7.73. The molecule has 44 heavy (non-hydrogen) atoms. The Bertz CT molecular complexity index is 1420. The van der Waals surface area contributed by atoms with Crippen molar-refractivity contribution in [2.75, 3.05) is 50.1 Å². The number of amides is 2. The number of likely N-dealkylation sites (tertiary alicyclic amines) is 1. The van der Waals surface area contributed by atoms with Gasteiger partial charge in [-0.3, -0.25) is 15.0 Å². The molecular formula is C33H42N6O5. The molecule has 1 saturated carbocycles. The van der Waals surface area contributed by atoms with Crippen molar-refractivity contribution in [3.05, 3.63) is 59.2 Å². The molecule has 2 aromatic carbocycles. The summed E-state index contributed by atoms with van der Waals surface area (Å²) < 4.78 is 5.58. The third-order valence-electron chi connectivity index (χ3n) is 10.3. The van der Waals surface area contributed by atoms with Crippen molar-refractivity contribution >= 4 is 35.1 Å². The molecule has 11 heteroatoms. The van der Waals surface area contributed by atoms with Gasteiger partial charge in [0.15, 0.2) is 5.96 Å². The van der Waals surface area contributed by atoms with Crippen LogP contribution in [0.5, 0.6) is 0 Å². The Morgan fingerprint density at radius 2 is 1.68 bits per heavy atom. The maximum atomic E-state index is 14.1. The minimum absolute atomic E-state index is 0.0166. The van der Waals surface area contributed by atoms with E-state index in [1.165, 1.54) is 12.1 Å². The van der Waals surface area contributed by atoms with E-state index in [9.17, 15) is 19.5 Å². The van der Waals surface area contributed by atoms with E-state index in [0.29, 0.717) is 18.7 Å². The van der Waals surface area contributed by atoms with Crippen LogP contribution >= 0.6 is 0 Å². The topological polar surface area (TPSA) is 152 Å². The number of hydrogen-bond donors (Lipinski definition) is 4. The number of carbonyl (C=O) groups is 3. The van der Waals surface area contributed by atoms with Gasteiger partial charge in [-0.25, -0.2) is 4.79 Å². The van der Waals surface area contributed by atoms with Crippen LogP contribution < -0.4 is 16.0 Å². The third kappa shape index (κ3) is 5.72. The molecule has 1 spiro atoms. The Morgan fingerprint density at radius 3 is 2.30 bits per heavy atom. The zero-order valence-corrected chi connectivity index (χ0v) is 25.3. The van der Waals surface area contributed by atoms with Crippen LogP contribution in [-0.2, 0) is 20.7 Å². The quantitative estimate of drug-likeness (QED) is 0.290. The summed E-state index contributed by atoms with van der Waals surface area (Å²) in [5, 5.41) is 20.0. The monoisotopic (exact) mass is 602 g/mol. The van der Waals surface area contributed by atoms with E-state index in [1.807, 2.05) is 17.0 Å². The highest BCUT2D eigenvalue weighted by Gasteiger charge is 2.51. The number of nitrogens with zero attached hydrogens (tertiary/aromatic N) is 3. The lowest BCUT2D eigenvalue weighted by Crippen LogP contribution is -2.55. The molecule has 0 bridgehead atoms. The van der Waals surface area contributed by atoms with Gasteiger partial charge in [0, 0.05) is 57.1 Å². The Hall–Kier alpha value is -4.12. The van der Waals surface area contributed by atoms with E-state index in [2.05, 4.69) is 16.3 Å². The number of hydrogen-bond acceptors (Lipinski definition) is 6. The van der Waals surface area contributed by atoms with Crippen molar-refractivity contribution in [2.24, 2.45) is 17.1 Å². The van der Waals surface area contributed by atoms with Gasteiger partial charge in [-0.2, -0.15) is 0 Å². The first kappa shape index (κ1) is 29.9. The minimum atomic E-state index is -1.03. The molecular weight excluding hydrogens is 560 g/mol. The van der Waals surface area contributed by atoms with Gasteiger partial charge < -0.3 is 35.6 Å². The molecule has 1 atom stereocenters. The fraction of sp³-hybridized carbons (Fsp3) is 0.515. The summed E-state index contributed by atoms with van der Waals surface area (Å²) in [4.78, 5) is 45.6. The number of rotatable bonds is 6. The maximum absolute atomic E-state index is 14.1. The number of carboxylic acids is 1. The molecule has 2 aromatic rings. The van der Waals surface area contributed by atoms with Crippen LogP contribution in [0.2, 0.25) is 0 Å². The zero-order valence-electron chi connectivity index (χ0n) is 25.3. The van der Waals surface area contributed by atoms with Crippen LogP contribution in [0.3, 0.4) is 0 Å². The van der Waals surface area contributed by atoms with Gasteiger partial charge in [-0.15, -0.1) is 0 Å². The predicted octanol–water partition coefficient (Wildman–Crippen LogP) is 3.45. The number of ether oxygens (including phenoxy) is 1. The van der Waals surface area contributed by atoms with Crippen molar-refractivity contribution in [1.82, 2.24) is 9.80 Å². The standard InChI is InChI=1S/C33H42N6O5/c1-44-24-9-14-37(15-10-24)27-4-2-3-26-25(27)11-16-39(28(26)29(40)36-23-7-5-21(6-8-23)31(42)43)30(41)22-19-33(20-22)12-17-38(18-13-33)32(34)35/h2-8,22,24,28H,9-20H2,1H3,(H3,34,35)(H,36,40)(H,42,43). The molecule has 0 aromatic heterocycles. The largest absolute Gasteiger partial charge is 0.478 e. The number of benzene rings is 2. The van der Waals surface area contributed by atoms with Crippen LogP contribution in [0.25, 0.3) is 0 Å². The molecule has 3 aliphatic heterocycles. The highest BCUT2D eigenvalue weighted by Crippen LogP contribution is 2.54. The molecule has 6 rings (SSSR count). The molecule has 11 nitrogen and oxygen atoms in total. The molecule has 2 amide bonds. The van der Waals surface area contributed by atoms with Crippen molar-refractivity contribution in [3.8, 4) is 0 Å². The number of guanidine groups is 1. The van der Waals surface area contributed by atoms with Gasteiger partial charge in [0.25, 0.3) is 5.91 Å². The summed E-state index contributed by atoms with van der Waals surface area (Å²) in [6, 6.07) is 11.4. The first-order valence-electron chi connectivity index (χ1n) is 15.6. The van der Waals surface area contributed by atoms with E-state index < -0.39 is 12.0 Å². The normalized spacial score (nSPS) is 21.8. The van der Waals surface area contributed by atoms with Crippen LogP contribution in [-0.4, -0.2) is 84.6 Å². The summed E-state index contributed by atoms with van der Waals surface area (Å²) >= 11 is 0. The van der Waals surface area contributed by atoms with E-state index in [1.54, 1.807) is 24.1 Å². The fourth-order valence-electron chi connectivity index (χ4n) is 7.73. The second-order valence-corrected chi connectivity index (χ2v) is 12.8. The smallest absolute Gasteiger partial charge is 0.335 e. The molecule has 3 heterocycles. The van der Waals surface area contributed by atoms with Crippen LogP contribution in [0.4, 0.5) is 11.4 Å². The summed E-state index contributed by atoms with van der Waals surface area (Å²) in [6.45, 7) is 3.67. The Morgan fingerprint density at radius 1 is 1.00 bits per heavy atom. The van der Waals surface area contributed by atoms with Gasteiger partial charge in [0.2, 0.25) is 5.91 Å². The number of nitrogens with two attached hydrogens (primary N) is 1. The number of aromatic carboxylic acids is 1. The number of piperidine rings is 2. The van der Waals surface area contributed by atoms with Gasteiger partial charge >= 0.3 is 5.97 Å². The van der Waals surface area contributed by atoms with E-state index in [-0.39, 0.29) is 40.8 Å². The van der Waals surface area contributed by atoms with Crippen molar-refractivity contribution in [3.63, 3.8) is 0 Å². The van der Waals surface area contributed by atoms with Crippen LogP contribution in [0.1, 0.15) is 66.1 Å². The summed E-state index contributed by atoms with van der Waals surface area (Å²) in [6.07, 6.45) is 6.22. The van der Waals surface area contributed by atoms with Crippen molar-refractivity contribution in [1.29, 1.82) is 5.41 Å². The first-order chi connectivity index (χ1) is 21.2. The summed E-state index contributed by atoms with van der Waals surface area (Å²) in [5.74, 6) is -1.35. The first-order valence-corrected chi connectivity index (χ1v) is 15.6. The van der Waals surface area contributed by atoms with Crippen LogP contribution in [0.15, 0.2) is 42.5 Å². The van der Waals surface area contributed by atoms with Gasteiger partial charge in [0.1, 0.15) is 6.04 Å². The highest BCUT2D eigenvalue weighted by atomic mass is 16.5. The molecule has 0 radical (unpaired) electrons. The lowest BCUT2D eigenvalue weighted by Gasteiger charge is -2.53. The summed E-state index contributed by atoms with van der Waals surface area (Å²) in [5.41, 5.74) is 9.49. The number of carboxylic acid groups (broad SMARTS) is 1. The van der Waals surface area contributed by atoms with Crippen molar-refractivity contribution < 1.29 is 24.2 Å². The lowest BCUT2D eigenvalue weighted by atomic mass is 9.57. The SMILES string of the molecule is COC1CCN(c2cccc3c2CCN(C(=O)C2CC4(CCN(C(=N)N)CC4)C2)C3C(=O)Nc2ccc(C(=O)O)cc2)CC1. The molecule has 3 fully saturated rings. The molecule has 1 aliphatic carbocycles. The van der Waals surface area contributed by atoms with Crippen molar-refractivity contribution in [2.45, 2.75) is 57.1 Å². The summed E-state index contributed by atoms with van der Waals surface area (Å²) in [7, 11) is 1.76. The van der Waals surface area contributed by atoms with E-state index in [0.717, 1.165) is 81.5 Å². The molecule has 2 saturated heterocycles. The minimum Gasteiger partial charge on any atom is -0.478 e. The van der Waals surface area contributed by atoms with E-state index in [4.69, 9.17) is 15.9 Å². The molecule has 234 valence electrons. The maximum Gasteiger partial charge on any atom is 0.335 e. The average molecular weight is 603 g/mol. The Labute approximate surface area is 257 Å². The Balaban J connectivity index is 1.25. The highest BCUT2D eigenvalue weighted by molar-refractivity contribution is 5.99. The number of fused-ring (bicyclic) bond motifs is 1. The van der Waals surface area contributed by atoms with Gasteiger partial charge in [-0.05, 0) is 91.8 Å². The number of anilines is 2. The van der Waals surface area contributed by atoms with Gasteiger partial charge in [0.05, 0.1) is 11.7 Å². The predicted molar refractivity (Wildman–Crippen MR) is 167 cm³/mol. The zero-order chi connectivity index (χ0) is 31.0. The number of methoxy groups -OCH3 is 1. The average Bonchev–Trinajstić information content (AvgIpc) is 3.02. The molecule has 1 unspecified atom stereocenters. The second-order valence-electron chi connectivity index (χ2n) is 12.8. The van der Waals surface area contributed by atoms with Crippen LogP contribution in [0, 0.1) is 16.7 Å². The second kappa shape index (κ2) is 12.1. The third-order valence-corrected chi connectivity index (χ3v) is 10.3. The number of nitrogens with one attached hydrogen (secondary N) is 2. The number of carbonyl (C=O) groups excluding carboxylic acids is 2. The Kier molecular flexibility index (Phi) is 8.24. The van der Waals surface area contributed by atoms with Gasteiger partial charge in [-0.1, -0.05) is 12.1 Å². The molecule has 5 N–H and O–H groups in total. The lowest BCUT2D eigenvalue weighted by molar-refractivity contribution is -0.151. The van der Waals surface area contributed by atoms with E-state index >= 15 is 0 Å².